The molecule has 0 aliphatic carbocycles. The molecule has 1 aromatic rings. The van der Waals surface area contributed by atoms with Crippen molar-refractivity contribution in [1.82, 2.24) is 10.6 Å². The van der Waals surface area contributed by atoms with Crippen LogP contribution in [-0.4, -0.2) is 29.6 Å². The Morgan fingerprint density at radius 1 is 1.37 bits per heavy atom. The van der Waals surface area contributed by atoms with Crippen molar-refractivity contribution >= 4 is 5.91 Å². The molecule has 1 amide bonds. The van der Waals surface area contributed by atoms with E-state index in [4.69, 9.17) is 0 Å². The molecule has 19 heavy (non-hydrogen) atoms. The average Bonchev–Trinajstić information content (AvgIpc) is 2.34. The lowest BCUT2D eigenvalue weighted by molar-refractivity contribution is -0.123. The topological polar surface area (TPSA) is 61.4 Å². The van der Waals surface area contributed by atoms with Crippen LogP contribution in [0.5, 0.6) is 0 Å². The molecule has 1 aromatic carbocycles. The van der Waals surface area contributed by atoms with E-state index in [1.165, 1.54) is 12.1 Å². The summed E-state index contributed by atoms with van der Waals surface area (Å²) in [5.74, 6) is -0.511. The van der Waals surface area contributed by atoms with Gasteiger partial charge in [-0.25, -0.2) is 4.39 Å². The first-order valence-electron chi connectivity index (χ1n) is 6.37. The second kappa shape index (κ2) is 7.21. The van der Waals surface area contributed by atoms with Gasteiger partial charge in [0.1, 0.15) is 5.82 Å². The number of benzene rings is 1. The SMILES string of the molecule is CC(C)NC(=O)C(C)NCC(O)c1cccc(F)c1. The number of amides is 1. The molecule has 0 fully saturated rings. The van der Waals surface area contributed by atoms with Gasteiger partial charge in [-0.05, 0) is 38.5 Å². The van der Waals surface area contributed by atoms with Crippen LogP contribution in [0.3, 0.4) is 0 Å². The maximum absolute atomic E-state index is 13.0. The molecule has 2 unspecified atom stereocenters. The summed E-state index contributed by atoms with van der Waals surface area (Å²) in [6.07, 6.45) is -0.843. The molecule has 0 aliphatic heterocycles. The summed E-state index contributed by atoms with van der Waals surface area (Å²) >= 11 is 0. The molecule has 2 atom stereocenters. The van der Waals surface area contributed by atoms with E-state index < -0.39 is 12.1 Å². The molecule has 0 heterocycles. The molecule has 0 aromatic heterocycles. The Morgan fingerprint density at radius 3 is 2.63 bits per heavy atom. The maximum Gasteiger partial charge on any atom is 0.237 e. The van der Waals surface area contributed by atoms with Crippen LogP contribution in [-0.2, 0) is 4.79 Å². The first-order valence-corrected chi connectivity index (χ1v) is 6.37. The van der Waals surface area contributed by atoms with E-state index in [1.807, 2.05) is 13.8 Å². The molecule has 0 saturated carbocycles. The second-order valence-corrected chi connectivity index (χ2v) is 4.86. The smallest absolute Gasteiger partial charge is 0.237 e. The third-order valence-corrected chi connectivity index (χ3v) is 2.68. The minimum Gasteiger partial charge on any atom is -0.387 e. The largest absolute Gasteiger partial charge is 0.387 e. The molecule has 1 rings (SSSR count). The fourth-order valence-electron chi connectivity index (χ4n) is 1.62. The van der Waals surface area contributed by atoms with Crippen LogP contribution in [0.2, 0.25) is 0 Å². The molecule has 3 N–H and O–H groups in total. The Bertz CT molecular complexity index is 424. The van der Waals surface area contributed by atoms with Gasteiger partial charge in [0.2, 0.25) is 5.91 Å². The molecule has 0 bridgehead atoms. The van der Waals surface area contributed by atoms with E-state index in [9.17, 15) is 14.3 Å². The number of carbonyl (C=O) groups is 1. The Morgan fingerprint density at radius 2 is 2.05 bits per heavy atom. The number of halogens is 1. The highest BCUT2D eigenvalue weighted by Gasteiger charge is 2.15. The van der Waals surface area contributed by atoms with Gasteiger partial charge >= 0.3 is 0 Å². The van der Waals surface area contributed by atoms with Crippen molar-refractivity contribution in [2.45, 2.75) is 39.0 Å². The predicted octanol–water partition coefficient (Wildman–Crippen LogP) is 1.36. The lowest BCUT2D eigenvalue weighted by atomic mass is 10.1. The van der Waals surface area contributed by atoms with Gasteiger partial charge in [0.25, 0.3) is 0 Å². The van der Waals surface area contributed by atoms with Crippen molar-refractivity contribution < 1.29 is 14.3 Å². The lowest BCUT2D eigenvalue weighted by Gasteiger charge is -2.18. The fraction of sp³-hybridized carbons (Fsp3) is 0.500. The molecule has 0 saturated heterocycles. The minimum atomic E-state index is -0.843. The molecule has 106 valence electrons. The van der Waals surface area contributed by atoms with E-state index in [0.29, 0.717) is 5.56 Å². The third kappa shape index (κ3) is 5.36. The van der Waals surface area contributed by atoms with Crippen LogP contribution in [0, 0.1) is 5.82 Å². The van der Waals surface area contributed by atoms with Gasteiger partial charge in [-0.15, -0.1) is 0 Å². The number of aliphatic hydroxyl groups excluding tert-OH is 1. The summed E-state index contributed by atoms with van der Waals surface area (Å²) in [5, 5.41) is 15.6. The van der Waals surface area contributed by atoms with Crippen molar-refractivity contribution in [3.63, 3.8) is 0 Å². The van der Waals surface area contributed by atoms with Crippen molar-refractivity contribution in [3.8, 4) is 0 Å². The van der Waals surface area contributed by atoms with Crippen molar-refractivity contribution in [1.29, 1.82) is 0 Å². The van der Waals surface area contributed by atoms with E-state index in [-0.39, 0.29) is 24.3 Å². The summed E-state index contributed by atoms with van der Waals surface area (Å²) in [7, 11) is 0. The first kappa shape index (κ1) is 15.6. The summed E-state index contributed by atoms with van der Waals surface area (Å²) in [4.78, 5) is 11.6. The van der Waals surface area contributed by atoms with Crippen molar-refractivity contribution in [2.24, 2.45) is 0 Å². The number of aliphatic hydroxyl groups is 1. The molecular weight excluding hydrogens is 247 g/mol. The third-order valence-electron chi connectivity index (χ3n) is 2.68. The zero-order valence-corrected chi connectivity index (χ0v) is 11.5. The van der Waals surface area contributed by atoms with Gasteiger partial charge in [0.15, 0.2) is 0 Å². The first-order chi connectivity index (χ1) is 8.90. The summed E-state index contributed by atoms with van der Waals surface area (Å²) in [6.45, 7) is 5.67. The molecule has 0 aliphatic rings. The summed E-state index contributed by atoms with van der Waals surface area (Å²) in [6, 6.07) is 5.46. The number of carbonyl (C=O) groups excluding carboxylic acids is 1. The van der Waals surface area contributed by atoms with Crippen molar-refractivity contribution in [3.05, 3.63) is 35.6 Å². The Kier molecular flexibility index (Phi) is 5.92. The normalized spacial score (nSPS) is 14.2. The van der Waals surface area contributed by atoms with Crippen LogP contribution in [0.4, 0.5) is 4.39 Å². The zero-order valence-electron chi connectivity index (χ0n) is 11.5. The van der Waals surface area contributed by atoms with Gasteiger partial charge in [-0.2, -0.15) is 0 Å². The van der Waals surface area contributed by atoms with Gasteiger partial charge in [0, 0.05) is 12.6 Å². The predicted molar refractivity (Wildman–Crippen MR) is 72.1 cm³/mol. The van der Waals surface area contributed by atoms with E-state index in [0.717, 1.165) is 0 Å². The highest BCUT2D eigenvalue weighted by atomic mass is 19.1. The van der Waals surface area contributed by atoms with Crippen LogP contribution in [0.1, 0.15) is 32.4 Å². The Balaban J connectivity index is 2.46. The summed E-state index contributed by atoms with van der Waals surface area (Å²) < 4.78 is 13.0. The van der Waals surface area contributed by atoms with E-state index in [1.54, 1.807) is 19.1 Å². The molecular formula is C14H21FN2O2. The highest BCUT2D eigenvalue weighted by Crippen LogP contribution is 2.13. The standard InChI is InChI=1S/C14H21FN2O2/c1-9(2)17-14(19)10(3)16-8-13(18)11-5-4-6-12(15)7-11/h4-7,9-10,13,16,18H,8H2,1-3H3,(H,17,19). The summed E-state index contributed by atoms with van der Waals surface area (Å²) in [5.41, 5.74) is 0.490. The number of hydrogen-bond donors (Lipinski definition) is 3. The monoisotopic (exact) mass is 268 g/mol. The van der Waals surface area contributed by atoms with Crippen LogP contribution < -0.4 is 10.6 Å². The lowest BCUT2D eigenvalue weighted by Crippen LogP contribution is -2.45. The number of rotatable bonds is 6. The molecule has 0 radical (unpaired) electrons. The fourth-order valence-corrected chi connectivity index (χ4v) is 1.62. The maximum atomic E-state index is 13.0. The zero-order chi connectivity index (χ0) is 14.4. The number of nitrogens with one attached hydrogen (secondary N) is 2. The van der Waals surface area contributed by atoms with Gasteiger partial charge in [0.05, 0.1) is 12.1 Å². The Labute approximate surface area is 113 Å². The van der Waals surface area contributed by atoms with Gasteiger partial charge in [-0.1, -0.05) is 12.1 Å². The molecule has 5 heteroatoms. The Hall–Kier alpha value is -1.46. The van der Waals surface area contributed by atoms with E-state index >= 15 is 0 Å². The highest BCUT2D eigenvalue weighted by molar-refractivity contribution is 5.81. The van der Waals surface area contributed by atoms with Crippen LogP contribution in [0.15, 0.2) is 24.3 Å². The van der Waals surface area contributed by atoms with Crippen LogP contribution >= 0.6 is 0 Å². The quantitative estimate of drug-likeness (QED) is 0.730. The van der Waals surface area contributed by atoms with Gasteiger partial charge in [-0.3, -0.25) is 4.79 Å². The molecule has 0 spiro atoms. The van der Waals surface area contributed by atoms with Crippen LogP contribution in [0.25, 0.3) is 0 Å². The van der Waals surface area contributed by atoms with Crippen molar-refractivity contribution in [2.75, 3.05) is 6.54 Å². The second-order valence-electron chi connectivity index (χ2n) is 4.86. The average molecular weight is 268 g/mol. The minimum absolute atomic E-state index is 0.0740. The van der Waals surface area contributed by atoms with Gasteiger partial charge < -0.3 is 15.7 Å². The van der Waals surface area contributed by atoms with E-state index in [2.05, 4.69) is 10.6 Å². The molecule has 4 nitrogen and oxygen atoms in total. The number of hydrogen-bond acceptors (Lipinski definition) is 3.